The average Bonchev–Trinajstić information content (AvgIpc) is 3.38. The lowest BCUT2D eigenvalue weighted by atomic mass is 10.0. The fraction of sp³-hybridized carbons (Fsp3) is 0.296. The van der Waals surface area contributed by atoms with Crippen molar-refractivity contribution in [1.29, 1.82) is 0 Å². The van der Waals surface area contributed by atoms with Crippen molar-refractivity contribution < 1.29 is 9.59 Å². The molecule has 0 saturated carbocycles. The molecule has 0 unspecified atom stereocenters. The van der Waals surface area contributed by atoms with Gasteiger partial charge >= 0.3 is 0 Å². The Kier molecular flexibility index (Phi) is 6.88. The topological polar surface area (TPSA) is 95.7 Å². The van der Waals surface area contributed by atoms with Crippen LogP contribution in [0.1, 0.15) is 34.5 Å². The van der Waals surface area contributed by atoms with Crippen LogP contribution in [-0.4, -0.2) is 69.4 Å². The Morgan fingerprint density at radius 2 is 1.94 bits per heavy atom. The molecule has 1 aliphatic heterocycles. The minimum absolute atomic E-state index is 0.177. The first-order chi connectivity index (χ1) is 17.7. The first-order valence-electron chi connectivity index (χ1n) is 12.2. The molecule has 1 aromatic carbocycles. The van der Waals surface area contributed by atoms with E-state index in [1.54, 1.807) is 16.8 Å². The maximum atomic E-state index is 13.2. The van der Waals surface area contributed by atoms with Crippen molar-refractivity contribution in [3.8, 4) is 0 Å². The minimum Gasteiger partial charge on any atom is -0.388 e. The van der Waals surface area contributed by atoms with Crippen LogP contribution in [0.25, 0.3) is 5.52 Å². The number of para-hydroxylation sites is 1. The quantitative estimate of drug-likeness (QED) is 0.289. The highest BCUT2D eigenvalue weighted by atomic mass is 16.1. The van der Waals surface area contributed by atoms with Crippen LogP contribution < -0.4 is 10.2 Å². The summed E-state index contributed by atoms with van der Waals surface area (Å²) in [5.74, 6) is 0.549. The number of fused-ring (bicyclic) bond motifs is 1. The van der Waals surface area contributed by atoms with Gasteiger partial charge in [0.15, 0.2) is 0 Å². The van der Waals surface area contributed by atoms with E-state index in [2.05, 4.69) is 37.4 Å². The Hall–Kier alpha value is -4.27. The van der Waals surface area contributed by atoms with E-state index in [1.165, 1.54) is 11.9 Å². The van der Waals surface area contributed by atoms with Crippen molar-refractivity contribution in [3.05, 3.63) is 84.1 Å². The third kappa shape index (κ3) is 4.77. The molecule has 0 spiro atoms. The van der Waals surface area contributed by atoms with Crippen molar-refractivity contribution in [2.45, 2.75) is 25.3 Å². The van der Waals surface area contributed by atoms with Crippen molar-refractivity contribution in [3.63, 3.8) is 0 Å². The summed E-state index contributed by atoms with van der Waals surface area (Å²) < 4.78 is 1.68. The molecular weight excluding hydrogens is 454 g/mol. The van der Waals surface area contributed by atoms with Gasteiger partial charge in [-0.3, -0.25) is 9.59 Å². The molecule has 36 heavy (non-hydrogen) atoms. The summed E-state index contributed by atoms with van der Waals surface area (Å²) in [6, 6.07) is 15.7. The summed E-state index contributed by atoms with van der Waals surface area (Å²) in [5.41, 5.74) is 3.90. The van der Waals surface area contributed by atoms with E-state index >= 15 is 0 Å². The Labute approximate surface area is 209 Å². The third-order valence-corrected chi connectivity index (χ3v) is 6.88. The predicted molar refractivity (Wildman–Crippen MR) is 138 cm³/mol. The Balaban J connectivity index is 1.22. The highest BCUT2D eigenvalue weighted by Gasteiger charge is 2.25. The largest absolute Gasteiger partial charge is 0.388 e. The zero-order chi connectivity index (χ0) is 24.9. The second kappa shape index (κ2) is 10.6. The molecule has 1 fully saturated rings. The molecule has 4 aromatic rings. The fourth-order valence-corrected chi connectivity index (χ4v) is 4.87. The molecule has 1 aliphatic rings. The SMILES string of the molecule is CNc1ccccc1CCN(C=O)C1CCN(c2cc(C(=O)c3cnn4ccccc34)ncn2)CC1. The van der Waals surface area contributed by atoms with Crippen molar-refractivity contribution in [2.75, 3.05) is 36.9 Å². The number of amides is 1. The van der Waals surface area contributed by atoms with Crippen LogP contribution in [0.3, 0.4) is 0 Å². The summed E-state index contributed by atoms with van der Waals surface area (Å²) in [4.78, 5) is 37.8. The zero-order valence-electron chi connectivity index (χ0n) is 20.2. The lowest BCUT2D eigenvalue weighted by molar-refractivity contribution is -0.120. The number of nitrogens with one attached hydrogen (secondary N) is 1. The average molecular weight is 484 g/mol. The first-order valence-corrected chi connectivity index (χ1v) is 12.2. The molecule has 0 aliphatic carbocycles. The van der Waals surface area contributed by atoms with Crippen LogP contribution >= 0.6 is 0 Å². The molecule has 1 amide bonds. The number of carbonyl (C=O) groups excluding carboxylic acids is 2. The van der Waals surface area contributed by atoms with Gasteiger partial charge in [-0.2, -0.15) is 5.10 Å². The molecule has 0 bridgehead atoms. The highest BCUT2D eigenvalue weighted by Crippen LogP contribution is 2.23. The standard InChI is InChI=1S/C27H29N7O2/c1-28-23-7-3-2-6-20(23)9-13-33(19-35)21-10-14-32(15-11-21)26-16-24(29-18-30-26)27(36)22-17-31-34-12-5-4-8-25(22)34/h2-8,12,16-19,21,28H,9-11,13-15H2,1H3. The minimum atomic E-state index is -0.177. The van der Waals surface area contributed by atoms with Gasteiger partial charge in [-0.1, -0.05) is 24.3 Å². The lowest BCUT2D eigenvalue weighted by Crippen LogP contribution is -2.45. The second-order valence-corrected chi connectivity index (χ2v) is 8.90. The van der Waals surface area contributed by atoms with Crippen LogP contribution in [0.15, 0.2) is 67.3 Å². The van der Waals surface area contributed by atoms with Gasteiger partial charge in [0.1, 0.15) is 17.8 Å². The van der Waals surface area contributed by atoms with Crippen LogP contribution in [0, 0.1) is 0 Å². The Bertz CT molecular complexity index is 1360. The van der Waals surface area contributed by atoms with E-state index in [4.69, 9.17) is 0 Å². The van der Waals surface area contributed by atoms with Gasteiger partial charge < -0.3 is 15.1 Å². The number of piperidine rings is 1. The van der Waals surface area contributed by atoms with Gasteiger partial charge in [0.05, 0.1) is 17.3 Å². The molecule has 3 aromatic heterocycles. The summed E-state index contributed by atoms with van der Waals surface area (Å²) in [5, 5.41) is 7.48. The van der Waals surface area contributed by atoms with Gasteiger partial charge in [-0.25, -0.2) is 14.5 Å². The normalized spacial score (nSPS) is 14.1. The third-order valence-electron chi connectivity index (χ3n) is 6.88. The van der Waals surface area contributed by atoms with Gasteiger partial charge in [-0.05, 0) is 43.0 Å². The number of ketones is 1. The summed E-state index contributed by atoms with van der Waals surface area (Å²) in [6.45, 7) is 2.19. The van der Waals surface area contributed by atoms with E-state index in [-0.39, 0.29) is 11.8 Å². The van der Waals surface area contributed by atoms with Gasteiger partial charge in [0, 0.05) is 50.7 Å². The highest BCUT2D eigenvalue weighted by molar-refractivity contribution is 6.12. The predicted octanol–water partition coefficient (Wildman–Crippen LogP) is 3.07. The number of nitrogens with zero attached hydrogens (tertiary/aromatic N) is 6. The number of hydrogen-bond donors (Lipinski definition) is 1. The van der Waals surface area contributed by atoms with Crippen molar-refractivity contribution >= 4 is 29.2 Å². The fourth-order valence-electron chi connectivity index (χ4n) is 4.87. The number of carbonyl (C=O) groups is 2. The van der Waals surface area contributed by atoms with E-state index < -0.39 is 0 Å². The second-order valence-electron chi connectivity index (χ2n) is 8.90. The zero-order valence-corrected chi connectivity index (χ0v) is 20.2. The monoisotopic (exact) mass is 483 g/mol. The van der Waals surface area contributed by atoms with Crippen molar-refractivity contribution in [2.24, 2.45) is 0 Å². The van der Waals surface area contributed by atoms with Gasteiger partial charge in [0.25, 0.3) is 0 Å². The maximum absolute atomic E-state index is 13.2. The van der Waals surface area contributed by atoms with E-state index in [0.717, 1.165) is 55.8 Å². The van der Waals surface area contributed by atoms with Crippen LogP contribution in [0.4, 0.5) is 11.5 Å². The summed E-state index contributed by atoms with van der Waals surface area (Å²) in [6.07, 6.45) is 8.29. The molecule has 9 heteroatoms. The van der Waals surface area contributed by atoms with E-state index in [0.29, 0.717) is 17.8 Å². The van der Waals surface area contributed by atoms with Gasteiger partial charge in [0.2, 0.25) is 12.2 Å². The number of benzene rings is 1. The number of anilines is 2. The molecular formula is C27H29N7O2. The summed E-state index contributed by atoms with van der Waals surface area (Å²) >= 11 is 0. The van der Waals surface area contributed by atoms with E-state index in [9.17, 15) is 9.59 Å². The molecule has 5 rings (SSSR count). The number of rotatable bonds is 9. The maximum Gasteiger partial charge on any atom is 0.215 e. The van der Waals surface area contributed by atoms with Gasteiger partial charge in [-0.15, -0.1) is 0 Å². The molecule has 1 saturated heterocycles. The first kappa shape index (κ1) is 23.5. The summed E-state index contributed by atoms with van der Waals surface area (Å²) in [7, 11) is 1.91. The Morgan fingerprint density at radius 1 is 1.14 bits per heavy atom. The molecule has 184 valence electrons. The number of hydrogen-bond acceptors (Lipinski definition) is 7. The molecule has 9 nitrogen and oxygen atoms in total. The lowest BCUT2D eigenvalue weighted by Gasteiger charge is -2.37. The molecule has 4 heterocycles. The van der Waals surface area contributed by atoms with Crippen LogP contribution in [0.5, 0.6) is 0 Å². The number of aromatic nitrogens is 4. The molecule has 1 N–H and O–H groups in total. The molecule has 0 radical (unpaired) electrons. The van der Waals surface area contributed by atoms with Crippen LogP contribution in [0.2, 0.25) is 0 Å². The van der Waals surface area contributed by atoms with E-state index in [1.807, 2.05) is 48.5 Å². The Morgan fingerprint density at radius 3 is 2.75 bits per heavy atom. The van der Waals surface area contributed by atoms with Crippen molar-refractivity contribution in [1.82, 2.24) is 24.5 Å². The van der Waals surface area contributed by atoms with Crippen LogP contribution in [-0.2, 0) is 11.2 Å². The molecule has 0 atom stereocenters. The number of pyridine rings is 1. The smallest absolute Gasteiger partial charge is 0.215 e.